The molecule has 0 aliphatic carbocycles. The summed E-state index contributed by atoms with van der Waals surface area (Å²) in [6.45, 7) is 10.3. The molecule has 0 saturated heterocycles. The molecule has 0 radical (unpaired) electrons. The van der Waals surface area contributed by atoms with E-state index in [1.165, 1.54) is 5.56 Å². The lowest BCUT2D eigenvalue weighted by molar-refractivity contribution is 0.642. The first kappa shape index (κ1) is 18.2. The molecule has 1 rings (SSSR count). The van der Waals surface area contributed by atoms with Crippen molar-refractivity contribution in [3.63, 3.8) is 0 Å². The zero-order chi connectivity index (χ0) is 13.4. The normalized spacial score (nSPS) is 12.8. The number of hydrogen-bond acceptors (Lipinski definition) is 1. The Labute approximate surface area is 134 Å². The fourth-order valence-electron chi connectivity index (χ4n) is 1.62. The van der Waals surface area contributed by atoms with Gasteiger partial charge in [-0.3, -0.25) is 4.99 Å². The van der Waals surface area contributed by atoms with E-state index in [4.69, 9.17) is 0 Å². The van der Waals surface area contributed by atoms with E-state index in [1.54, 1.807) is 0 Å². The molecule has 19 heavy (non-hydrogen) atoms. The third-order valence-electron chi connectivity index (χ3n) is 2.61. The van der Waals surface area contributed by atoms with Crippen molar-refractivity contribution in [1.29, 1.82) is 0 Å². The van der Waals surface area contributed by atoms with Crippen LogP contribution in [-0.4, -0.2) is 19.0 Å². The highest BCUT2D eigenvalue weighted by Gasteiger charge is 2.06. The molecule has 4 heteroatoms. The van der Waals surface area contributed by atoms with Crippen LogP contribution in [0.15, 0.2) is 35.3 Å². The maximum absolute atomic E-state index is 4.57. The summed E-state index contributed by atoms with van der Waals surface area (Å²) < 4.78 is 0. The van der Waals surface area contributed by atoms with Gasteiger partial charge in [0.2, 0.25) is 0 Å². The third-order valence-corrected chi connectivity index (χ3v) is 2.61. The van der Waals surface area contributed by atoms with Gasteiger partial charge in [-0.2, -0.15) is 0 Å². The van der Waals surface area contributed by atoms with Crippen molar-refractivity contribution >= 4 is 29.9 Å². The molecule has 3 nitrogen and oxygen atoms in total. The van der Waals surface area contributed by atoms with Gasteiger partial charge in [0.25, 0.3) is 0 Å². The summed E-state index contributed by atoms with van der Waals surface area (Å²) in [6.07, 6.45) is 0. The minimum Gasteiger partial charge on any atom is -0.357 e. The quantitative estimate of drug-likeness (QED) is 0.469. The molecule has 0 aromatic heterocycles. The second-order valence-electron chi connectivity index (χ2n) is 4.89. The van der Waals surface area contributed by atoms with Crippen molar-refractivity contribution in [3.8, 4) is 0 Å². The molecule has 1 atom stereocenters. The average Bonchev–Trinajstić information content (AvgIpc) is 2.37. The Morgan fingerprint density at radius 2 is 1.79 bits per heavy atom. The lowest BCUT2D eigenvalue weighted by Crippen LogP contribution is -2.39. The van der Waals surface area contributed by atoms with Crippen LogP contribution in [0.5, 0.6) is 0 Å². The van der Waals surface area contributed by atoms with Crippen molar-refractivity contribution in [1.82, 2.24) is 10.6 Å². The largest absolute Gasteiger partial charge is 0.357 e. The predicted molar refractivity (Wildman–Crippen MR) is 94.2 cm³/mol. The molecule has 1 aromatic rings. The summed E-state index contributed by atoms with van der Waals surface area (Å²) in [4.78, 5) is 4.57. The van der Waals surface area contributed by atoms with Crippen LogP contribution < -0.4 is 10.6 Å². The lowest BCUT2D eigenvalue weighted by Gasteiger charge is -2.18. The average molecular weight is 375 g/mol. The maximum Gasteiger partial charge on any atom is 0.191 e. The molecule has 0 amide bonds. The van der Waals surface area contributed by atoms with E-state index in [9.17, 15) is 0 Å². The molecule has 108 valence electrons. The minimum atomic E-state index is 0. The summed E-state index contributed by atoms with van der Waals surface area (Å²) in [5.74, 6) is 1.47. The van der Waals surface area contributed by atoms with Crippen LogP contribution >= 0.6 is 24.0 Å². The number of hydrogen-bond donors (Lipinski definition) is 2. The summed E-state index contributed by atoms with van der Waals surface area (Å²) in [6, 6.07) is 10.7. The lowest BCUT2D eigenvalue weighted by atomic mass is 10.1. The number of nitrogens with zero attached hydrogens (tertiary/aromatic N) is 1. The Morgan fingerprint density at radius 3 is 2.32 bits per heavy atom. The molecule has 1 aromatic carbocycles. The van der Waals surface area contributed by atoms with Crippen molar-refractivity contribution in [2.24, 2.45) is 10.9 Å². The van der Waals surface area contributed by atoms with Crippen LogP contribution in [0.3, 0.4) is 0 Å². The Hall–Kier alpha value is -0.780. The molecule has 0 fully saturated rings. The fourth-order valence-corrected chi connectivity index (χ4v) is 1.62. The van der Waals surface area contributed by atoms with Crippen molar-refractivity contribution in [2.75, 3.05) is 13.1 Å². The molecule has 0 aliphatic rings. The summed E-state index contributed by atoms with van der Waals surface area (Å²) in [5.41, 5.74) is 1.27. The second kappa shape index (κ2) is 10.1. The van der Waals surface area contributed by atoms with E-state index >= 15 is 0 Å². The standard InChI is InChI=1S/C15H25N3.HI/c1-5-16-15(17-11-12(2)3)18-13(4)14-9-7-6-8-10-14;/h6-10,12-13H,5,11H2,1-4H3,(H2,16,17,18);1H. The number of aliphatic imine (C=N–C) groups is 1. The van der Waals surface area contributed by atoms with Crippen molar-refractivity contribution in [3.05, 3.63) is 35.9 Å². The molecule has 0 heterocycles. The highest BCUT2D eigenvalue weighted by molar-refractivity contribution is 14.0. The first-order chi connectivity index (χ1) is 8.63. The molecule has 0 bridgehead atoms. The van der Waals surface area contributed by atoms with E-state index < -0.39 is 0 Å². The monoisotopic (exact) mass is 375 g/mol. The van der Waals surface area contributed by atoms with Gasteiger partial charge in [-0.05, 0) is 25.3 Å². The smallest absolute Gasteiger partial charge is 0.191 e. The second-order valence-corrected chi connectivity index (χ2v) is 4.89. The molecule has 0 spiro atoms. The van der Waals surface area contributed by atoms with Gasteiger partial charge in [0, 0.05) is 13.1 Å². The summed E-state index contributed by atoms with van der Waals surface area (Å²) in [7, 11) is 0. The predicted octanol–water partition coefficient (Wildman–Crippen LogP) is 3.58. The minimum absolute atomic E-state index is 0. The Morgan fingerprint density at radius 1 is 1.16 bits per heavy atom. The number of guanidine groups is 1. The molecular formula is C15H26IN3. The van der Waals surface area contributed by atoms with E-state index in [0.717, 1.165) is 19.0 Å². The van der Waals surface area contributed by atoms with Gasteiger partial charge in [0.1, 0.15) is 0 Å². The highest BCUT2D eigenvalue weighted by atomic mass is 127. The van der Waals surface area contributed by atoms with Gasteiger partial charge in [0.15, 0.2) is 5.96 Å². The zero-order valence-corrected chi connectivity index (χ0v) is 14.6. The van der Waals surface area contributed by atoms with Gasteiger partial charge in [-0.15, -0.1) is 24.0 Å². The van der Waals surface area contributed by atoms with E-state index in [0.29, 0.717) is 5.92 Å². The SMILES string of the molecule is CCNC(=NCC(C)C)NC(C)c1ccccc1.I. The topological polar surface area (TPSA) is 36.4 Å². The summed E-state index contributed by atoms with van der Waals surface area (Å²) >= 11 is 0. The van der Waals surface area contributed by atoms with E-state index in [1.807, 2.05) is 6.07 Å². The van der Waals surface area contributed by atoms with Crippen molar-refractivity contribution < 1.29 is 0 Å². The van der Waals surface area contributed by atoms with Crippen LogP contribution in [-0.2, 0) is 0 Å². The fraction of sp³-hybridized carbons (Fsp3) is 0.533. The third kappa shape index (κ3) is 7.40. The number of halogens is 1. The number of nitrogens with one attached hydrogen (secondary N) is 2. The first-order valence-corrected chi connectivity index (χ1v) is 6.73. The van der Waals surface area contributed by atoms with Crippen molar-refractivity contribution in [2.45, 2.75) is 33.7 Å². The Bertz CT molecular complexity index is 363. The highest BCUT2D eigenvalue weighted by Crippen LogP contribution is 2.10. The van der Waals surface area contributed by atoms with Gasteiger partial charge < -0.3 is 10.6 Å². The Kier molecular flexibility index (Phi) is 9.65. The van der Waals surface area contributed by atoms with Crippen LogP contribution in [0, 0.1) is 5.92 Å². The van der Waals surface area contributed by atoms with Gasteiger partial charge >= 0.3 is 0 Å². The van der Waals surface area contributed by atoms with Crippen LogP contribution in [0.4, 0.5) is 0 Å². The number of benzene rings is 1. The number of rotatable bonds is 5. The molecule has 0 saturated carbocycles. The van der Waals surface area contributed by atoms with Gasteiger partial charge in [-0.25, -0.2) is 0 Å². The van der Waals surface area contributed by atoms with Crippen LogP contribution in [0.1, 0.15) is 39.3 Å². The Balaban J connectivity index is 0.00000324. The van der Waals surface area contributed by atoms with Gasteiger partial charge in [0.05, 0.1) is 6.04 Å². The van der Waals surface area contributed by atoms with Crippen LogP contribution in [0.2, 0.25) is 0 Å². The molecule has 1 unspecified atom stereocenters. The van der Waals surface area contributed by atoms with E-state index in [-0.39, 0.29) is 30.0 Å². The van der Waals surface area contributed by atoms with E-state index in [2.05, 4.69) is 67.6 Å². The first-order valence-electron chi connectivity index (χ1n) is 6.73. The molecule has 2 N–H and O–H groups in total. The molecule has 0 aliphatic heterocycles. The zero-order valence-electron chi connectivity index (χ0n) is 12.3. The van der Waals surface area contributed by atoms with Crippen LogP contribution in [0.25, 0.3) is 0 Å². The van der Waals surface area contributed by atoms with Gasteiger partial charge in [-0.1, -0.05) is 44.2 Å². The molecular weight excluding hydrogens is 349 g/mol. The summed E-state index contributed by atoms with van der Waals surface area (Å²) in [5, 5.41) is 6.71. The maximum atomic E-state index is 4.57.